The summed E-state index contributed by atoms with van der Waals surface area (Å²) in [6, 6.07) is -0.520. The molecule has 0 fully saturated rings. The molecule has 0 aliphatic heterocycles. The van der Waals surface area contributed by atoms with Crippen LogP contribution in [-0.4, -0.2) is 47.7 Å². The lowest BCUT2D eigenvalue weighted by Gasteiger charge is -2.10. The zero-order chi connectivity index (χ0) is 13.8. The third-order valence-corrected chi connectivity index (χ3v) is 1.63. The molecule has 0 radical (unpaired) electrons. The highest BCUT2D eigenvalue weighted by Gasteiger charge is 2.13. The van der Waals surface area contributed by atoms with Gasteiger partial charge in [0, 0.05) is 13.5 Å². The number of guanidine groups is 1. The summed E-state index contributed by atoms with van der Waals surface area (Å²) >= 11 is 0. The molecular weight excluding hydrogens is 228 g/mol. The number of likely N-dealkylation sites (N-methyl/N-ethyl adjacent to an activating group) is 1. The predicted octanol–water partition coefficient (Wildman–Crippen LogP) is -0.987. The molecule has 0 aromatic carbocycles. The molecule has 0 saturated heterocycles. The van der Waals surface area contributed by atoms with Crippen LogP contribution in [0.15, 0.2) is 0 Å². The van der Waals surface area contributed by atoms with Crippen LogP contribution >= 0.6 is 0 Å². The van der Waals surface area contributed by atoms with Gasteiger partial charge < -0.3 is 26.6 Å². The molecule has 17 heavy (non-hydrogen) atoms. The Balaban J connectivity index is 0. The lowest BCUT2D eigenvalue weighted by Crippen LogP contribution is -2.36. The Morgan fingerprint density at radius 2 is 1.88 bits per heavy atom. The first kappa shape index (κ1) is 17.6. The molecule has 0 unspecified atom stereocenters. The van der Waals surface area contributed by atoms with Crippen LogP contribution < -0.4 is 16.4 Å². The Bertz CT molecular complexity index is 253. The lowest BCUT2D eigenvalue weighted by atomic mass is 10.1. The minimum absolute atomic E-state index is 0.0867. The number of carbonyl (C=O) groups is 2. The molecule has 0 heterocycles. The van der Waals surface area contributed by atoms with Gasteiger partial charge in [-0.15, -0.1) is 0 Å². The predicted molar refractivity (Wildman–Crippen MR) is 62.9 cm³/mol. The molecule has 0 aliphatic rings. The van der Waals surface area contributed by atoms with Crippen molar-refractivity contribution in [3.05, 3.63) is 0 Å². The van der Waals surface area contributed by atoms with Gasteiger partial charge in [0.15, 0.2) is 5.96 Å². The van der Waals surface area contributed by atoms with E-state index in [0.717, 1.165) is 6.92 Å². The van der Waals surface area contributed by atoms with Crippen LogP contribution in [-0.2, 0) is 9.59 Å². The van der Waals surface area contributed by atoms with E-state index in [9.17, 15) is 4.79 Å². The van der Waals surface area contributed by atoms with Gasteiger partial charge in [-0.3, -0.25) is 15.0 Å². The van der Waals surface area contributed by atoms with Gasteiger partial charge in [0.25, 0.3) is 5.97 Å². The monoisotopic (exact) mass is 248 g/mol. The van der Waals surface area contributed by atoms with Crippen molar-refractivity contribution in [1.29, 1.82) is 5.41 Å². The lowest BCUT2D eigenvalue weighted by molar-refractivity contribution is -0.139. The van der Waals surface area contributed by atoms with Crippen molar-refractivity contribution < 1.29 is 19.8 Å². The van der Waals surface area contributed by atoms with Crippen molar-refractivity contribution in [3.8, 4) is 0 Å². The van der Waals surface area contributed by atoms with Crippen LogP contribution in [0.1, 0.15) is 19.8 Å². The average molecular weight is 248 g/mol. The smallest absolute Gasteiger partial charge is 0.320 e. The summed E-state index contributed by atoms with van der Waals surface area (Å²) in [6.07, 6.45) is 1.18. The van der Waals surface area contributed by atoms with Crippen molar-refractivity contribution >= 4 is 17.9 Å². The summed E-state index contributed by atoms with van der Waals surface area (Å²) in [6.45, 7) is 1.61. The molecular formula is C9H20N4O4. The van der Waals surface area contributed by atoms with Gasteiger partial charge >= 0.3 is 5.97 Å². The van der Waals surface area contributed by atoms with E-state index in [1.807, 2.05) is 0 Å². The molecule has 8 nitrogen and oxygen atoms in total. The Hall–Kier alpha value is -1.83. The zero-order valence-corrected chi connectivity index (χ0v) is 9.99. The maximum absolute atomic E-state index is 10.5. The summed E-state index contributed by atoms with van der Waals surface area (Å²) in [7, 11) is 1.61. The van der Waals surface area contributed by atoms with E-state index in [1.165, 1.54) is 0 Å². The van der Waals surface area contributed by atoms with Crippen LogP contribution in [0, 0.1) is 5.41 Å². The molecule has 100 valence electrons. The summed E-state index contributed by atoms with van der Waals surface area (Å²) in [5.41, 5.74) is 5.04. The molecule has 0 saturated carbocycles. The fourth-order valence-electron chi connectivity index (χ4n) is 0.921. The van der Waals surface area contributed by atoms with Crippen molar-refractivity contribution in [2.24, 2.45) is 5.73 Å². The second-order valence-electron chi connectivity index (χ2n) is 3.18. The second kappa shape index (κ2) is 10.7. The minimum atomic E-state index is -0.856. The Labute approximate surface area is 99.7 Å². The van der Waals surface area contributed by atoms with Gasteiger partial charge in [-0.05, 0) is 19.9 Å². The Kier molecular flexibility index (Phi) is 11.0. The number of carboxylic acid groups (broad SMARTS) is 2. The van der Waals surface area contributed by atoms with Crippen molar-refractivity contribution in [2.45, 2.75) is 25.8 Å². The molecule has 0 bridgehead atoms. The molecule has 0 rings (SSSR count). The summed E-state index contributed by atoms with van der Waals surface area (Å²) < 4.78 is 0. The fourth-order valence-corrected chi connectivity index (χ4v) is 0.921. The fraction of sp³-hybridized carbons (Fsp3) is 0.667. The van der Waals surface area contributed by atoms with E-state index in [0.29, 0.717) is 19.4 Å². The highest BCUT2D eigenvalue weighted by molar-refractivity contribution is 5.74. The maximum atomic E-state index is 10.5. The topological polar surface area (TPSA) is 149 Å². The van der Waals surface area contributed by atoms with E-state index < -0.39 is 18.0 Å². The Morgan fingerprint density at radius 3 is 2.18 bits per heavy atom. The standard InChI is InChI=1S/C7H16N4O2.C2H4O2/c1-10-5(6(12)13)3-2-4-11-7(8)9;1-2(3)4/h5,10H,2-4H2,1H3,(H,12,13)(H4,8,9,11);1H3,(H,3,4)/t5-;/m1./s1. The second-order valence-corrected chi connectivity index (χ2v) is 3.18. The average Bonchev–Trinajstić information content (AvgIpc) is 2.15. The molecule has 0 amide bonds. The van der Waals surface area contributed by atoms with Crippen LogP contribution in [0.4, 0.5) is 0 Å². The molecule has 0 aliphatic carbocycles. The summed E-state index contributed by atoms with van der Waals surface area (Å²) in [5, 5.41) is 28.2. The molecule has 1 atom stereocenters. The van der Waals surface area contributed by atoms with E-state index in [2.05, 4.69) is 10.6 Å². The van der Waals surface area contributed by atoms with E-state index in [-0.39, 0.29) is 5.96 Å². The molecule has 0 aromatic rings. The number of carboxylic acids is 2. The zero-order valence-electron chi connectivity index (χ0n) is 9.99. The van der Waals surface area contributed by atoms with E-state index in [4.69, 9.17) is 26.2 Å². The molecule has 7 N–H and O–H groups in total. The number of aliphatic carboxylic acids is 2. The van der Waals surface area contributed by atoms with Gasteiger partial charge in [-0.25, -0.2) is 0 Å². The van der Waals surface area contributed by atoms with Gasteiger partial charge in [0.05, 0.1) is 0 Å². The molecule has 0 aromatic heterocycles. The van der Waals surface area contributed by atoms with Crippen molar-refractivity contribution in [2.75, 3.05) is 13.6 Å². The Morgan fingerprint density at radius 1 is 1.41 bits per heavy atom. The first-order valence-corrected chi connectivity index (χ1v) is 4.98. The van der Waals surface area contributed by atoms with Gasteiger partial charge in [-0.1, -0.05) is 0 Å². The first-order valence-electron chi connectivity index (χ1n) is 4.98. The summed E-state index contributed by atoms with van der Waals surface area (Å²) in [5.74, 6) is -1.78. The normalized spacial score (nSPS) is 10.7. The quantitative estimate of drug-likeness (QED) is 0.201. The number of hydrogen-bond donors (Lipinski definition) is 6. The van der Waals surface area contributed by atoms with Crippen LogP contribution in [0.5, 0.6) is 0 Å². The van der Waals surface area contributed by atoms with Crippen LogP contribution in [0.25, 0.3) is 0 Å². The van der Waals surface area contributed by atoms with Crippen molar-refractivity contribution in [3.63, 3.8) is 0 Å². The molecule has 0 spiro atoms. The highest BCUT2D eigenvalue weighted by atomic mass is 16.4. The number of nitrogens with one attached hydrogen (secondary N) is 3. The van der Waals surface area contributed by atoms with E-state index >= 15 is 0 Å². The van der Waals surface area contributed by atoms with Crippen LogP contribution in [0.3, 0.4) is 0 Å². The molecule has 8 heteroatoms. The van der Waals surface area contributed by atoms with E-state index in [1.54, 1.807) is 7.05 Å². The van der Waals surface area contributed by atoms with Crippen molar-refractivity contribution in [1.82, 2.24) is 10.6 Å². The summed E-state index contributed by atoms with van der Waals surface area (Å²) in [4.78, 5) is 19.5. The van der Waals surface area contributed by atoms with Gasteiger partial charge in [0.2, 0.25) is 0 Å². The number of rotatable bonds is 6. The largest absolute Gasteiger partial charge is 0.481 e. The van der Waals surface area contributed by atoms with Gasteiger partial charge in [-0.2, -0.15) is 0 Å². The van der Waals surface area contributed by atoms with Gasteiger partial charge in [0.1, 0.15) is 6.04 Å². The third-order valence-electron chi connectivity index (χ3n) is 1.63. The van der Waals surface area contributed by atoms with Crippen LogP contribution in [0.2, 0.25) is 0 Å². The SMILES string of the molecule is CC(=O)O.CN[C@H](CCCNC(=N)N)C(=O)O. The highest BCUT2D eigenvalue weighted by Crippen LogP contribution is 1.95. The number of hydrogen-bond acceptors (Lipinski definition) is 4. The minimum Gasteiger partial charge on any atom is -0.481 e. The maximum Gasteiger partial charge on any atom is 0.320 e. The third kappa shape index (κ3) is 16.8. The first-order chi connectivity index (χ1) is 7.81. The number of nitrogens with two attached hydrogens (primary N) is 1.